The second kappa shape index (κ2) is 16.7. The van der Waals surface area contributed by atoms with Gasteiger partial charge in [0, 0.05) is 36.0 Å². The zero-order valence-corrected chi connectivity index (χ0v) is 28.7. The molecule has 43 heavy (non-hydrogen) atoms. The number of halogens is 2. The molecule has 1 heterocycles. The molecule has 2 aromatic carbocycles. The highest BCUT2D eigenvalue weighted by Crippen LogP contribution is 2.60. The normalized spacial score (nSPS) is 12.4. The van der Waals surface area contributed by atoms with Crippen molar-refractivity contribution in [1.29, 1.82) is 0 Å². The van der Waals surface area contributed by atoms with Crippen LogP contribution in [-0.2, 0) is 16.2 Å². The zero-order valence-electron chi connectivity index (χ0n) is 26.3. The Hall–Kier alpha value is -2.24. The number of fused-ring (bicyclic) bond motifs is 1. The number of carbonyl (C=O) groups is 2. The molecule has 1 atom stereocenters. The van der Waals surface area contributed by atoms with Crippen LogP contribution in [-0.4, -0.2) is 54.4 Å². The van der Waals surface area contributed by atoms with Crippen molar-refractivity contribution in [1.82, 2.24) is 4.98 Å². The van der Waals surface area contributed by atoms with Crippen LogP contribution in [0.1, 0.15) is 70.6 Å². The number of amides is 1. The summed E-state index contributed by atoms with van der Waals surface area (Å²) in [4.78, 5) is 33.2. The minimum Gasteiger partial charge on any atom is -0.487 e. The Balaban J connectivity index is 1.80. The molecule has 0 saturated carbocycles. The van der Waals surface area contributed by atoms with Gasteiger partial charge in [-0.15, -0.1) is 0 Å². The van der Waals surface area contributed by atoms with E-state index < -0.39 is 19.2 Å². The fourth-order valence-electron chi connectivity index (χ4n) is 5.41. The molecule has 3 aromatic rings. The maximum Gasteiger partial charge on any atom is 0.251 e. The predicted molar refractivity (Wildman–Crippen MR) is 185 cm³/mol. The molecule has 3 rings (SSSR count). The Labute approximate surface area is 268 Å². The number of Topliss-reactive ketones (excluding diaryl/α,β-unsaturated/α-hetero) is 1. The molecule has 1 unspecified atom stereocenters. The maximum atomic E-state index is 13.6. The lowest BCUT2D eigenvalue weighted by Gasteiger charge is -2.29. The molecule has 0 fully saturated rings. The van der Waals surface area contributed by atoms with E-state index in [1.54, 1.807) is 19.2 Å². The predicted octanol–water partition coefficient (Wildman–Crippen LogP) is 8.71. The lowest BCUT2D eigenvalue weighted by molar-refractivity contribution is -0.127. The van der Waals surface area contributed by atoms with Gasteiger partial charge in [0.25, 0.3) is 5.91 Å². The van der Waals surface area contributed by atoms with Crippen molar-refractivity contribution >= 4 is 58.7 Å². The van der Waals surface area contributed by atoms with E-state index in [1.165, 1.54) is 4.90 Å². The number of likely N-dealkylation sites (N-methyl/N-ethyl adjacent to an activating group) is 1. The van der Waals surface area contributed by atoms with Crippen LogP contribution in [0.15, 0.2) is 42.5 Å². The summed E-state index contributed by atoms with van der Waals surface area (Å²) in [5.74, 6) is -0.0351. The summed E-state index contributed by atoms with van der Waals surface area (Å²) >= 11 is 13.4. The third-order valence-corrected chi connectivity index (χ3v) is 13.7. The molecular formula is C34H47Cl2N3O3P+. The van der Waals surface area contributed by atoms with Crippen LogP contribution < -0.4 is 15.4 Å². The first kappa shape index (κ1) is 35.2. The highest BCUT2D eigenvalue weighted by atomic mass is 35.5. The Bertz CT molecular complexity index is 1380. The van der Waals surface area contributed by atoms with E-state index in [-0.39, 0.29) is 17.4 Å². The Kier molecular flexibility index (Phi) is 13.7. The number of ketones is 1. The highest BCUT2D eigenvalue weighted by Gasteiger charge is 2.41. The number of pyridine rings is 1. The Morgan fingerprint density at radius 2 is 1.58 bits per heavy atom. The summed E-state index contributed by atoms with van der Waals surface area (Å²) in [6, 6.07) is 11.8. The first-order chi connectivity index (χ1) is 20.6. The summed E-state index contributed by atoms with van der Waals surface area (Å²) < 4.78 is 6.14. The van der Waals surface area contributed by atoms with Crippen LogP contribution in [0, 0.1) is 6.92 Å². The standard InChI is InChI=1S/C34H47Cl2N3O3P/c1-6-9-19-43(20-10-7-2,21-11-8-3)23-29(40)32(37)34(41)39(5)28-18-17-27(35)26(31(28)36)22-42-30-14-12-13-25-16-15-24(4)38-33(25)30/h12-18,32H,6-11,19-23,37H2,1-5H3/q+1. The number of aryl methyl sites for hydroxylation is 1. The van der Waals surface area contributed by atoms with E-state index in [9.17, 15) is 9.59 Å². The number of hydrogen-bond acceptors (Lipinski definition) is 5. The fourth-order valence-corrected chi connectivity index (χ4v) is 11.0. The molecule has 234 valence electrons. The number of ether oxygens (including phenoxy) is 1. The minimum absolute atomic E-state index is 0.0759. The second-order valence-electron chi connectivity index (χ2n) is 11.5. The van der Waals surface area contributed by atoms with Crippen molar-refractivity contribution in [2.75, 3.05) is 36.6 Å². The number of rotatable bonds is 17. The van der Waals surface area contributed by atoms with Gasteiger partial charge in [-0.25, -0.2) is 4.98 Å². The molecule has 0 aliphatic heterocycles. The van der Waals surface area contributed by atoms with Gasteiger partial charge >= 0.3 is 0 Å². The van der Waals surface area contributed by atoms with Gasteiger partial charge in [0.15, 0.2) is 5.78 Å². The zero-order chi connectivity index (χ0) is 31.6. The monoisotopic (exact) mass is 646 g/mol. The van der Waals surface area contributed by atoms with Crippen LogP contribution in [0.5, 0.6) is 5.75 Å². The van der Waals surface area contributed by atoms with E-state index in [0.717, 1.165) is 73.6 Å². The van der Waals surface area contributed by atoms with Crippen molar-refractivity contribution in [3.05, 3.63) is 63.8 Å². The number of aromatic nitrogens is 1. The third kappa shape index (κ3) is 9.14. The minimum atomic E-state index is -1.55. The average Bonchev–Trinajstić information content (AvgIpc) is 3.00. The van der Waals surface area contributed by atoms with Gasteiger partial charge in [-0.1, -0.05) is 81.4 Å². The lowest BCUT2D eigenvalue weighted by atomic mass is 10.1. The number of unbranched alkanes of at least 4 members (excludes halogenated alkanes) is 3. The van der Waals surface area contributed by atoms with E-state index in [1.807, 2.05) is 37.3 Å². The first-order valence-electron chi connectivity index (χ1n) is 15.4. The Morgan fingerprint density at radius 3 is 2.19 bits per heavy atom. The molecule has 0 saturated heterocycles. The molecule has 0 spiro atoms. The topological polar surface area (TPSA) is 85.5 Å². The molecule has 1 aromatic heterocycles. The molecule has 0 radical (unpaired) electrons. The van der Waals surface area contributed by atoms with E-state index in [0.29, 0.717) is 28.2 Å². The first-order valence-corrected chi connectivity index (χ1v) is 18.7. The van der Waals surface area contributed by atoms with Crippen LogP contribution in [0.3, 0.4) is 0 Å². The summed E-state index contributed by atoms with van der Waals surface area (Å²) in [5, 5.41) is 1.66. The summed E-state index contributed by atoms with van der Waals surface area (Å²) in [6.45, 7) is 8.58. The fraction of sp³-hybridized carbons (Fsp3) is 0.500. The molecular weight excluding hydrogens is 600 g/mol. The van der Waals surface area contributed by atoms with Crippen molar-refractivity contribution < 1.29 is 14.3 Å². The molecule has 0 bridgehead atoms. The molecule has 6 nitrogen and oxygen atoms in total. The molecule has 0 aliphatic rings. The number of carbonyl (C=O) groups excluding carboxylic acids is 2. The number of nitrogens with two attached hydrogens (primary N) is 1. The quantitative estimate of drug-likeness (QED) is 0.117. The van der Waals surface area contributed by atoms with Crippen LogP contribution in [0.25, 0.3) is 10.9 Å². The van der Waals surface area contributed by atoms with Gasteiger partial charge in [-0.2, -0.15) is 0 Å². The van der Waals surface area contributed by atoms with E-state index >= 15 is 0 Å². The van der Waals surface area contributed by atoms with E-state index in [4.69, 9.17) is 33.7 Å². The maximum absolute atomic E-state index is 13.6. The van der Waals surface area contributed by atoms with Crippen molar-refractivity contribution in [2.45, 2.75) is 78.9 Å². The number of nitrogens with zero attached hydrogens (tertiary/aromatic N) is 2. The number of anilines is 1. The van der Waals surface area contributed by atoms with Gasteiger partial charge < -0.3 is 15.4 Å². The van der Waals surface area contributed by atoms with E-state index in [2.05, 4.69) is 25.8 Å². The SMILES string of the molecule is CCCC[P+](CCCC)(CCCC)CC(=O)C(N)C(=O)N(C)c1ccc(Cl)c(COc2cccc3ccc(C)nc23)c1Cl. The third-order valence-electron chi connectivity index (χ3n) is 8.11. The van der Waals surface area contributed by atoms with Gasteiger partial charge in [0.1, 0.15) is 30.1 Å². The Morgan fingerprint density at radius 1 is 0.953 bits per heavy atom. The van der Waals surface area contributed by atoms with Crippen LogP contribution in [0.2, 0.25) is 10.0 Å². The smallest absolute Gasteiger partial charge is 0.251 e. The van der Waals surface area contributed by atoms with Gasteiger partial charge in [0.2, 0.25) is 0 Å². The van der Waals surface area contributed by atoms with Crippen molar-refractivity contribution in [3.63, 3.8) is 0 Å². The van der Waals surface area contributed by atoms with Crippen molar-refractivity contribution in [2.24, 2.45) is 5.73 Å². The molecule has 9 heteroatoms. The number of hydrogen-bond donors (Lipinski definition) is 1. The largest absolute Gasteiger partial charge is 0.487 e. The molecule has 0 aliphatic carbocycles. The van der Waals surface area contributed by atoms with Crippen LogP contribution in [0.4, 0.5) is 5.69 Å². The average molecular weight is 648 g/mol. The molecule has 1 amide bonds. The van der Waals surface area contributed by atoms with Gasteiger partial charge in [-0.3, -0.25) is 9.59 Å². The summed E-state index contributed by atoms with van der Waals surface area (Å²) in [5.41, 5.74) is 8.98. The molecule has 2 N–H and O–H groups in total. The number of benzene rings is 2. The summed E-state index contributed by atoms with van der Waals surface area (Å²) in [6.07, 6.45) is 10.3. The lowest BCUT2D eigenvalue weighted by Crippen LogP contribution is -2.48. The van der Waals surface area contributed by atoms with Crippen LogP contribution >= 0.6 is 30.5 Å². The highest BCUT2D eigenvalue weighted by molar-refractivity contribution is 7.76. The van der Waals surface area contributed by atoms with Gasteiger partial charge in [0.05, 0.1) is 29.2 Å². The van der Waals surface area contributed by atoms with Gasteiger partial charge in [-0.05, 0) is 50.5 Å². The summed E-state index contributed by atoms with van der Waals surface area (Å²) in [7, 11) is 0.0513. The number of para-hydroxylation sites is 1. The second-order valence-corrected chi connectivity index (χ2v) is 16.6. The van der Waals surface area contributed by atoms with Crippen molar-refractivity contribution in [3.8, 4) is 5.75 Å².